The van der Waals surface area contributed by atoms with Gasteiger partial charge in [0.1, 0.15) is 11.5 Å². The first kappa shape index (κ1) is 15.8. The molecule has 0 aliphatic heterocycles. The number of hydrogen-bond acceptors (Lipinski definition) is 4. The zero-order chi connectivity index (χ0) is 14.4. The van der Waals surface area contributed by atoms with E-state index in [2.05, 4.69) is 4.90 Å². The molecule has 0 atom stereocenters. The monoisotopic (exact) mass is 267 g/mol. The van der Waals surface area contributed by atoms with Crippen LogP contribution in [0.25, 0.3) is 0 Å². The number of hydrogen-bond donors (Lipinski definition) is 1. The number of rotatable bonds is 7. The predicted octanol–water partition coefficient (Wildman–Crippen LogP) is 2.13. The van der Waals surface area contributed by atoms with E-state index in [-0.39, 0.29) is 6.61 Å². The van der Waals surface area contributed by atoms with E-state index in [0.29, 0.717) is 0 Å². The third-order valence-corrected chi connectivity index (χ3v) is 3.43. The zero-order valence-corrected chi connectivity index (χ0v) is 12.6. The molecule has 1 aromatic carbocycles. The van der Waals surface area contributed by atoms with Crippen molar-refractivity contribution >= 4 is 0 Å². The Kier molecular flexibility index (Phi) is 6.12. The Morgan fingerprint density at radius 1 is 1.16 bits per heavy atom. The highest BCUT2D eigenvalue weighted by Crippen LogP contribution is 2.33. The topological polar surface area (TPSA) is 41.9 Å². The van der Waals surface area contributed by atoms with Crippen LogP contribution >= 0.6 is 0 Å². The van der Waals surface area contributed by atoms with Gasteiger partial charge < -0.3 is 19.5 Å². The summed E-state index contributed by atoms with van der Waals surface area (Å²) in [5.74, 6) is 1.82. The molecule has 108 valence electrons. The number of nitrogens with zero attached hydrogens (tertiary/aromatic N) is 1. The molecule has 0 spiro atoms. The fourth-order valence-corrected chi connectivity index (χ4v) is 2.25. The molecule has 4 heteroatoms. The van der Waals surface area contributed by atoms with Crippen LogP contribution in [-0.2, 0) is 6.54 Å². The van der Waals surface area contributed by atoms with Gasteiger partial charge in [0.05, 0.1) is 14.2 Å². The number of methoxy groups -OCH3 is 2. The maximum Gasteiger partial charge on any atom is 0.126 e. The van der Waals surface area contributed by atoms with Crippen LogP contribution in [0, 0.1) is 13.8 Å². The molecule has 0 aliphatic carbocycles. The largest absolute Gasteiger partial charge is 0.496 e. The van der Waals surface area contributed by atoms with Crippen molar-refractivity contribution in [2.45, 2.75) is 26.8 Å². The van der Waals surface area contributed by atoms with Gasteiger partial charge >= 0.3 is 0 Å². The van der Waals surface area contributed by atoms with Crippen LogP contribution in [0.15, 0.2) is 6.07 Å². The zero-order valence-electron chi connectivity index (χ0n) is 12.6. The highest BCUT2D eigenvalue weighted by Gasteiger charge is 2.14. The molecular weight excluding hydrogens is 242 g/mol. The third-order valence-electron chi connectivity index (χ3n) is 3.43. The summed E-state index contributed by atoms with van der Waals surface area (Å²) >= 11 is 0. The van der Waals surface area contributed by atoms with E-state index in [1.165, 1.54) is 0 Å². The van der Waals surface area contributed by atoms with Crippen molar-refractivity contribution in [3.63, 3.8) is 0 Å². The average Bonchev–Trinajstić information content (AvgIpc) is 2.40. The van der Waals surface area contributed by atoms with E-state index in [4.69, 9.17) is 14.6 Å². The van der Waals surface area contributed by atoms with Gasteiger partial charge in [-0.15, -0.1) is 0 Å². The summed E-state index contributed by atoms with van der Waals surface area (Å²) in [6.07, 6.45) is 0.779. The smallest absolute Gasteiger partial charge is 0.126 e. The van der Waals surface area contributed by atoms with Crippen molar-refractivity contribution < 1.29 is 14.6 Å². The fraction of sp³-hybridized carbons (Fsp3) is 0.600. The quantitative estimate of drug-likeness (QED) is 0.822. The molecule has 0 fully saturated rings. The second-order valence-corrected chi connectivity index (χ2v) is 4.84. The second-order valence-electron chi connectivity index (χ2n) is 4.84. The lowest BCUT2D eigenvalue weighted by molar-refractivity contribution is 0.242. The van der Waals surface area contributed by atoms with Crippen molar-refractivity contribution in [3.05, 3.63) is 22.8 Å². The minimum atomic E-state index is 0.220. The van der Waals surface area contributed by atoms with Crippen LogP contribution in [0.4, 0.5) is 0 Å². The summed E-state index contributed by atoms with van der Waals surface area (Å²) in [5.41, 5.74) is 3.34. The van der Waals surface area contributed by atoms with Gasteiger partial charge in [0.15, 0.2) is 0 Å². The van der Waals surface area contributed by atoms with Crippen LogP contribution < -0.4 is 9.47 Å². The van der Waals surface area contributed by atoms with Crippen molar-refractivity contribution in [2.75, 3.05) is 34.4 Å². The number of aliphatic hydroxyl groups excluding tert-OH is 1. The Labute approximate surface area is 115 Å². The van der Waals surface area contributed by atoms with Crippen molar-refractivity contribution in [3.8, 4) is 11.5 Å². The van der Waals surface area contributed by atoms with Crippen molar-refractivity contribution in [1.82, 2.24) is 4.90 Å². The first-order valence-electron chi connectivity index (χ1n) is 6.55. The molecule has 1 rings (SSSR count). The first-order valence-corrected chi connectivity index (χ1v) is 6.55. The number of ether oxygens (including phenoxy) is 2. The molecule has 0 bridgehead atoms. The summed E-state index contributed by atoms with van der Waals surface area (Å²) in [5, 5.41) is 8.87. The van der Waals surface area contributed by atoms with Gasteiger partial charge in [0, 0.05) is 25.3 Å². The minimum absolute atomic E-state index is 0.220. The molecule has 0 saturated heterocycles. The maximum absolute atomic E-state index is 8.87. The Balaban J connectivity index is 3.01. The van der Waals surface area contributed by atoms with Crippen LogP contribution in [0.2, 0.25) is 0 Å². The minimum Gasteiger partial charge on any atom is -0.496 e. The van der Waals surface area contributed by atoms with Gasteiger partial charge in [0.25, 0.3) is 0 Å². The first-order chi connectivity index (χ1) is 9.04. The molecule has 0 amide bonds. The summed E-state index contributed by atoms with van der Waals surface area (Å²) in [6.45, 7) is 5.94. The Hall–Kier alpha value is -1.26. The lowest BCUT2D eigenvalue weighted by Crippen LogP contribution is -2.20. The van der Waals surface area contributed by atoms with E-state index >= 15 is 0 Å². The maximum atomic E-state index is 8.87. The van der Waals surface area contributed by atoms with Crippen molar-refractivity contribution in [1.29, 1.82) is 0 Å². The fourth-order valence-electron chi connectivity index (χ4n) is 2.25. The third kappa shape index (κ3) is 3.85. The molecule has 0 radical (unpaired) electrons. The molecule has 0 unspecified atom stereocenters. The molecule has 0 saturated carbocycles. The van der Waals surface area contributed by atoms with Crippen LogP contribution in [0.5, 0.6) is 11.5 Å². The summed E-state index contributed by atoms with van der Waals surface area (Å²) in [7, 11) is 5.43. The molecule has 19 heavy (non-hydrogen) atoms. The highest BCUT2D eigenvalue weighted by molar-refractivity contribution is 5.52. The highest BCUT2D eigenvalue weighted by atomic mass is 16.5. The predicted molar refractivity (Wildman–Crippen MR) is 77.1 cm³/mol. The number of aliphatic hydroxyl groups is 1. The van der Waals surface area contributed by atoms with Gasteiger partial charge in [-0.2, -0.15) is 0 Å². The van der Waals surface area contributed by atoms with Crippen LogP contribution in [0.3, 0.4) is 0 Å². The van der Waals surface area contributed by atoms with E-state index in [1.54, 1.807) is 14.2 Å². The van der Waals surface area contributed by atoms with Gasteiger partial charge in [-0.1, -0.05) is 0 Å². The van der Waals surface area contributed by atoms with Gasteiger partial charge in [0.2, 0.25) is 0 Å². The standard InChI is InChI=1S/C15H25NO3/c1-11-12(2)15(19-5)13(9-14(11)18-4)10-16(3)7-6-8-17/h9,17H,6-8,10H2,1-5H3. The summed E-state index contributed by atoms with van der Waals surface area (Å²) < 4.78 is 10.9. The van der Waals surface area contributed by atoms with Crippen LogP contribution in [-0.4, -0.2) is 44.4 Å². The Morgan fingerprint density at radius 3 is 2.37 bits per heavy atom. The SMILES string of the molecule is COc1cc(CN(C)CCCO)c(OC)c(C)c1C. The van der Waals surface area contributed by atoms with Gasteiger partial charge in [-0.3, -0.25) is 0 Å². The molecule has 0 aromatic heterocycles. The van der Waals surface area contributed by atoms with Gasteiger partial charge in [-0.25, -0.2) is 0 Å². The van der Waals surface area contributed by atoms with E-state index in [1.807, 2.05) is 27.0 Å². The summed E-state index contributed by atoms with van der Waals surface area (Å²) in [6, 6.07) is 2.04. The van der Waals surface area contributed by atoms with E-state index < -0.39 is 0 Å². The molecule has 0 heterocycles. The summed E-state index contributed by atoms with van der Waals surface area (Å²) in [4.78, 5) is 2.17. The average molecular weight is 267 g/mol. The van der Waals surface area contributed by atoms with E-state index in [9.17, 15) is 0 Å². The lowest BCUT2D eigenvalue weighted by atomic mass is 10.0. The van der Waals surface area contributed by atoms with Crippen molar-refractivity contribution in [2.24, 2.45) is 0 Å². The van der Waals surface area contributed by atoms with E-state index in [0.717, 1.165) is 47.7 Å². The molecule has 1 N–H and O–H groups in total. The Morgan fingerprint density at radius 2 is 1.84 bits per heavy atom. The lowest BCUT2D eigenvalue weighted by Gasteiger charge is -2.21. The molecule has 1 aromatic rings. The molecule has 4 nitrogen and oxygen atoms in total. The number of benzene rings is 1. The Bertz CT molecular complexity index is 418. The van der Waals surface area contributed by atoms with Gasteiger partial charge in [-0.05, 0) is 44.5 Å². The second kappa shape index (κ2) is 7.36. The van der Waals surface area contributed by atoms with Crippen LogP contribution in [0.1, 0.15) is 23.1 Å². The molecular formula is C15H25NO3. The normalized spacial score (nSPS) is 10.9. The molecule has 0 aliphatic rings.